The molecule has 1 aliphatic rings. The number of carbonyl (C=O) groups is 1. The second kappa shape index (κ2) is 5.73. The Morgan fingerprint density at radius 2 is 2.31 bits per heavy atom. The molecule has 1 aliphatic heterocycles. The van der Waals surface area contributed by atoms with Gasteiger partial charge in [0.2, 0.25) is 5.91 Å². The highest BCUT2D eigenvalue weighted by molar-refractivity contribution is 5.79. The average molecular weight is 222 g/mol. The number of likely N-dealkylation sites (tertiary alicyclic amines) is 1. The number of carbonyl (C=O) groups excluding carboxylic acids is 1. The third-order valence-corrected chi connectivity index (χ3v) is 2.89. The highest BCUT2D eigenvalue weighted by Crippen LogP contribution is 2.20. The fourth-order valence-corrected chi connectivity index (χ4v) is 1.81. The van der Waals surface area contributed by atoms with E-state index in [4.69, 9.17) is 0 Å². The zero-order chi connectivity index (χ0) is 12.1. The van der Waals surface area contributed by atoms with Crippen LogP contribution >= 0.6 is 0 Å². The molecule has 16 heavy (non-hydrogen) atoms. The molecule has 1 fully saturated rings. The van der Waals surface area contributed by atoms with Crippen LogP contribution < -0.4 is 5.32 Å². The molecular formula is C13H22N2O. The van der Waals surface area contributed by atoms with Gasteiger partial charge in [0.1, 0.15) is 0 Å². The molecule has 0 aromatic carbocycles. The van der Waals surface area contributed by atoms with Crippen molar-refractivity contribution in [3.05, 3.63) is 24.9 Å². The number of hydrogen-bond acceptors (Lipinski definition) is 2. The molecule has 1 saturated heterocycles. The molecule has 3 nitrogen and oxygen atoms in total. The van der Waals surface area contributed by atoms with E-state index in [0.717, 1.165) is 31.8 Å². The van der Waals surface area contributed by atoms with Crippen LogP contribution in [0.3, 0.4) is 0 Å². The Morgan fingerprint density at radius 3 is 2.88 bits per heavy atom. The predicted molar refractivity (Wildman–Crippen MR) is 66.9 cm³/mol. The van der Waals surface area contributed by atoms with E-state index in [0.29, 0.717) is 5.92 Å². The summed E-state index contributed by atoms with van der Waals surface area (Å²) in [6.45, 7) is 14.2. The maximum absolute atomic E-state index is 11.8. The van der Waals surface area contributed by atoms with Crippen LogP contribution in [0.2, 0.25) is 0 Å². The van der Waals surface area contributed by atoms with Crippen LogP contribution in [0.4, 0.5) is 0 Å². The predicted octanol–water partition coefficient (Wildman–Crippen LogP) is 1.78. The van der Waals surface area contributed by atoms with Gasteiger partial charge in [-0.05, 0) is 18.4 Å². The Morgan fingerprint density at radius 1 is 1.62 bits per heavy atom. The minimum absolute atomic E-state index is 0.107. The summed E-state index contributed by atoms with van der Waals surface area (Å²) < 4.78 is 0. The Balaban J connectivity index is 2.37. The van der Waals surface area contributed by atoms with Gasteiger partial charge >= 0.3 is 0 Å². The van der Waals surface area contributed by atoms with Gasteiger partial charge in [-0.1, -0.05) is 27.0 Å². The Kier molecular flexibility index (Phi) is 4.59. The maximum atomic E-state index is 11.8. The minimum Gasteiger partial charge on any atom is -0.371 e. The van der Waals surface area contributed by atoms with Gasteiger partial charge < -0.3 is 10.2 Å². The molecule has 0 radical (unpaired) electrons. The van der Waals surface area contributed by atoms with Gasteiger partial charge in [0.05, 0.1) is 5.92 Å². The third kappa shape index (κ3) is 3.40. The Hall–Kier alpha value is -1.25. The minimum atomic E-state index is 0.107. The number of nitrogens with one attached hydrogen (secondary N) is 1. The standard InChI is InChI=1S/C13H22N2O/c1-5-11(4)15-7-6-12(9-15)13(16)14-8-10(2)3/h5,10,12H,1,4,6-9H2,2-3H3,(H,14,16). The van der Waals surface area contributed by atoms with Crippen molar-refractivity contribution in [2.45, 2.75) is 20.3 Å². The fourth-order valence-electron chi connectivity index (χ4n) is 1.81. The molecule has 1 atom stereocenters. The largest absolute Gasteiger partial charge is 0.371 e. The summed E-state index contributed by atoms with van der Waals surface area (Å²) in [5.74, 6) is 0.785. The molecule has 0 aliphatic carbocycles. The van der Waals surface area contributed by atoms with Crippen LogP contribution in [-0.2, 0) is 4.79 Å². The van der Waals surface area contributed by atoms with Crippen LogP contribution in [0, 0.1) is 11.8 Å². The summed E-state index contributed by atoms with van der Waals surface area (Å²) in [6.07, 6.45) is 2.66. The molecule has 3 heteroatoms. The maximum Gasteiger partial charge on any atom is 0.224 e. The van der Waals surface area contributed by atoms with E-state index in [1.165, 1.54) is 0 Å². The normalized spacial score (nSPS) is 19.9. The first-order valence-corrected chi connectivity index (χ1v) is 5.88. The number of allylic oxidation sites excluding steroid dienone is 1. The second-order valence-electron chi connectivity index (χ2n) is 4.77. The molecular weight excluding hydrogens is 200 g/mol. The van der Waals surface area contributed by atoms with Crippen LogP contribution in [0.1, 0.15) is 20.3 Å². The molecule has 0 spiro atoms. The number of amides is 1. The van der Waals surface area contributed by atoms with Crippen molar-refractivity contribution >= 4 is 5.91 Å². The van der Waals surface area contributed by atoms with Crippen LogP contribution in [0.5, 0.6) is 0 Å². The summed E-state index contributed by atoms with van der Waals surface area (Å²) in [4.78, 5) is 13.9. The lowest BCUT2D eigenvalue weighted by Crippen LogP contribution is -2.34. The van der Waals surface area contributed by atoms with Gasteiger partial charge in [-0.25, -0.2) is 0 Å². The smallest absolute Gasteiger partial charge is 0.224 e. The van der Waals surface area contributed by atoms with Crippen molar-refractivity contribution in [3.8, 4) is 0 Å². The first kappa shape index (κ1) is 12.8. The molecule has 1 rings (SSSR count). The molecule has 1 N–H and O–H groups in total. The van der Waals surface area contributed by atoms with Crippen molar-refractivity contribution in [1.29, 1.82) is 0 Å². The number of nitrogens with zero attached hydrogens (tertiary/aromatic N) is 1. The molecule has 1 amide bonds. The van der Waals surface area contributed by atoms with E-state index in [2.05, 4.69) is 37.2 Å². The van der Waals surface area contributed by atoms with Crippen LogP contribution in [-0.4, -0.2) is 30.4 Å². The SMILES string of the molecule is C=CC(=C)N1CCC(C(=O)NCC(C)C)C1. The molecule has 0 saturated carbocycles. The van der Waals surface area contributed by atoms with E-state index in [1.54, 1.807) is 6.08 Å². The Labute approximate surface area is 98.2 Å². The molecule has 0 aromatic rings. The van der Waals surface area contributed by atoms with Crippen molar-refractivity contribution < 1.29 is 4.79 Å². The van der Waals surface area contributed by atoms with Crippen molar-refractivity contribution in [1.82, 2.24) is 10.2 Å². The molecule has 1 unspecified atom stereocenters. The van der Waals surface area contributed by atoms with E-state index in [9.17, 15) is 4.79 Å². The van der Waals surface area contributed by atoms with Gasteiger partial charge in [0, 0.05) is 25.3 Å². The summed E-state index contributed by atoms with van der Waals surface area (Å²) in [5, 5.41) is 2.98. The number of rotatable bonds is 5. The van der Waals surface area contributed by atoms with Gasteiger partial charge in [0.25, 0.3) is 0 Å². The lowest BCUT2D eigenvalue weighted by molar-refractivity contribution is -0.124. The zero-order valence-electron chi connectivity index (χ0n) is 10.3. The number of hydrogen-bond donors (Lipinski definition) is 1. The van der Waals surface area contributed by atoms with E-state index >= 15 is 0 Å². The van der Waals surface area contributed by atoms with Gasteiger partial charge in [-0.15, -0.1) is 0 Å². The third-order valence-electron chi connectivity index (χ3n) is 2.89. The quantitative estimate of drug-likeness (QED) is 0.719. The zero-order valence-corrected chi connectivity index (χ0v) is 10.3. The van der Waals surface area contributed by atoms with Crippen molar-refractivity contribution in [2.24, 2.45) is 11.8 Å². The fraction of sp³-hybridized carbons (Fsp3) is 0.615. The van der Waals surface area contributed by atoms with Crippen molar-refractivity contribution in [2.75, 3.05) is 19.6 Å². The van der Waals surface area contributed by atoms with E-state index in [-0.39, 0.29) is 11.8 Å². The Bertz CT molecular complexity index is 284. The average Bonchev–Trinajstić information content (AvgIpc) is 2.74. The summed E-state index contributed by atoms with van der Waals surface area (Å²) in [6, 6.07) is 0. The molecule has 90 valence electrons. The highest BCUT2D eigenvalue weighted by atomic mass is 16.1. The van der Waals surface area contributed by atoms with Crippen molar-refractivity contribution in [3.63, 3.8) is 0 Å². The highest BCUT2D eigenvalue weighted by Gasteiger charge is 2.27. The second-order valence-corrected chi connectivity index (χ2v) is 4.77. The van der Waals surface area contributed by atoms with Gasteiger partial charge in [-0.3, -0.25) is 4.79 Å². The van der Waals surface area contributed by atoms with Gasteiger partial charge in [-0.2, -0.15) is 0 Å². The van der Waals surface area contributed by atoms with E-state index in [1.807, 2.05) is 0 Å². The lowest BCUT2D eigenvalue weighted by atomic mass is 10.1. The molecule has 0 bridgehead atoms. The molecule has 0 aromatic heterocycles. The van der Waals surface area contributed by atoms with Crippen LogP contribution in [0.15, 0.2) is 24.9 Å². The topological polar surface area (TPSA) is 32.3 Å². The molecule has 1 heterocycles. The summed E-state index contributed by atoms with van der Waals surface area (Å²) >= 11 is 0. The first-order chi connectivity index (χ1) is 7.54. The summed E-state index contributed by atoms with van der Waals surface area (Å²) in [7, 11) is 0. The van der Waals surface area contributed by atoms with Gasteiger partial charge in [0.15, 0.2) is 0 Å². The monoisotopic (exact) mass is 222 g/mol. The lowest BCUT2D eigenvalue weighted by Gasteiger charge is -2.18. The summed E-state index contributed by atoms with van der Waals surface area (Å²) in [5.41, 5.74) is 0.916. The van der Waals surface area contributed by atoms with E-state index < -0.39 is 0 Å². The van der Waals surface area contributed by atoms with Crippen LogP contribution in [0.25, 0.3) is 0 Å². The first-order valence-electron chi connectivity index (χ1n) is 5.88.